The molecule has 0 amide bonds. The molecule has 0 saturated carbocycles. The summed E-state index contributed by atoms with van der Waals surface area (Å²) in [5.41, 5.74) is 0. The van der Waals surface area contributed by atoms with E-state index < -0.39 is 5.97 Å². The smallest absolute Gasteiger partial charge is 0.307 e. The highest BCUT2D eigenvalue weighted by atomic mass is 32.2. The van der Waals surface area contributed by atoms with Crippen molar-refractivity contribution < 1.29 is 9.90 Å². The molecule has 0 radical (unpaired) electrons. The van der Waals surface area contributed by atoms with E-state index in [9.17, 15) is 4.79 Å². The van der Waals surface area contributed by atoms with E-state index in [0.717, 1.165) is 31.1 Å². The highest BCUT2D eigenvalue weighted by Gasteiger charge is 2.10. The van der Waals surface area contributed by atoms with Crippen LogP contribution in [0.4, 0.5) is 0 Å². The van der Waals surface area contributed by atoms with Crippen LogP contribution in [0.15, 0.2) is 0 Å². The van der Waals surface area contributed by atoms with Crippen molar-refractivity contribution in [2.75, 3.05) is 31.1 Å². The molecule has 0 aromatic heterocycles. The molecule has 0 bridgehead atoms. The van der Waals surface area contributed by atoms with Crippen molar-refractivity contribution in [1.29, 1.82) is 0 Å². The molecule has 1 N–H and O–H groups in total. The van der Waals surface area contributed by atoms with Crippen LogP contribution in [0.1, 0.15) is 20.8 Å². The molecule has 1 atom stereocenters. The zero-order valence-corrected chi connectivity index (χ0v) is 10.1. The highest BCUT2D eigenvalue weighted by Crippen LogP contribution is 2.08. The van der Waals surface area contributed by atoms with E-state index in [2.05, 4.69) is 18.7 Å². The van der Waals surface area contributed by atoms with Crippen molar-refractivity contribution in [1.82, 2.24) is 4.90 Å². The standard InChI is InChI=1S/C10H21NO2S/c1-4-11(5-2)6-7-14-8-9(3)10(12)13/h9H,4-8H2,1-3H3,(H,12,13). The summed E-state index contributed by atoms with van der Waals surface area (Å²) in [6, 6.07) is 0. The van der Waals surface area contributed by atoms with Gasteiger partial charge in [-0.1, -0.05) is 20.8 Å². The van der Waals surface area contributed by atoms with Gasteiger partial charge in [0.05, 0.1) is 5.92 Å². The molecule has 4 heteroatoms. The molecular weight excluding hydrogens is 198 g/mol. The fraction of sp³-hybridized carbons (Fsp3) is 0.900. The third kappa shape index (κ3) is 6.27. The van der Waals surface area contributed by atoms with Crippen LogP contribution < -0.4 is 0 Å². The summed E-state index contributed by atoms with van der Waals surface area (Å²) in [6.45, 7) is 9.26. The summed E-state index contributed by atoms with van der Waals surface area (Å²) >= 11 is 1.73. The second kappa shape index (κ2) is 8.12. The Morgan fingerprint density at radius 3 is 2.43 bits per heavy atom. The first-order valence-electron chi connectivity index (χ1n) is 5.14. The Morgan fingerprint density at radius 2 is 2.00 bits per heavy atom. The van der Waals surface area contributed by atoms with Crippen molar-refractivity contribution in [3.8, 4) is 0 Å². The minimum atomic E-state index is -0.694. The van der Waals surface area contributed by atoms with E-state index in [-0.39, 0.29) is 5.92 Å². The molecule has 0 heterocycles. The lowest BCUT2D eigenvalue weighted by atomic mass is 10.2. The number of rotatable bonds is 8. The zero-order chi connectivity index (χ0) is 11.0. The van der Waals surface area contributed by atoms with Crippen LogP contribution in [-0.4, -0.2) is 47.1 Å². The molecule has 0 aromatic rings. The summed E-state index contributed by atoms with van der Waals surface area (Å²) in [4.78, 5) is 12.9. The monoisotopic (exact) mass is 219 g/mol. The number of thioether (sulfide) groups is 1. The Bertz CT molecular complexity index is 160. The first kappa shape index (κ1) is 13.8. The van der Waals surface area contributed by atoms with Gasteiger partial charge < -0.3 is 10.0 Å². The molecule has 3 nitrogen and oxygen atoms in total. The summed E-state index contributed by atoms with van der Waals surface area (Å²) in [5, 5.41) is 8.66. The van der Waals surface area contributed by atoms with Gasteiger partial charge in [-0.3, -0.25) is 4.79 Å². The van der Waals surface area contributed by atoms with E-state index in [1.54, 1.807) is 18.7 Å². The van der Waals surface area contributed by atoms with Gasteiger partial charge in [0.25, 0.3) is 0 Å². The lowest BCUT2D eigenvalue weighted by molar-refractivity contribution is -0.140. The largest absolute Gasteiger partial charge is 0.481 e. The first-order valence-corrected chi connectivity index (χ1v) is 6.30. The first-order chi connectivity index (χ1) is 6.61. The molecule has 0 aliphatic carbocycles. The summed E-state index contributed by atoms with van der Waals surface area (Å²) in [6.07, 6.45) is 0. The number of hydrogen-bond donors (Lipinski definition) is 1. The Morgan fingerprint density at radius 1 is 1.43 bits per heavy atom. The zero-order valence-electron chi connectivity index (χ0n) is 9.32. The van der Waals surface area contributed by atoms with E-state index in [1.807, 2.05) is 0 Å². The van der Waals surface area contributed by atoms with E-state index in [0.29, 0.717) is 0 Å². The predicted octanol–water partition coefficient (Wildman–Crippen LogP) is 1.78. The number of nitrogens with zero attached hydrogens (tertiary/aromatic N) is 1. The fourth-order valence-electron chi connectivity index (χ4n) is 1.06. The lowest BCUT2D eigenvalue weighted by Crippen LogP contribution is -2.25. The Hall–Kier alpha value is -0.220. The van der Waals surface area contributed by atoms with Gasteiger partial charge in [0.1, 0.15) is 0 Å². The summed E-state index contributed by atoms with van der Waals surface area (Å²) in [5.74, 6) is 0.827. The van der Waals surface area contributed by atoms with Gasteiger partial charge in [0.2, 0.25) is 0 Å². The van der Waals surface area contributed by atoms with Crippen LogP contribution in [0.25, 0.3) is 0 Å². The van der Waals surface area contributed by atoms with Gasteiger partial charge >= 0.3 is 5.97 Å². The second-order valence-electron chi connectivity index (χ2n) is 3.34. The Kier molecular flexibility index (Phi) is 7.99. The molecule has 0 spiro atoms. The van der Waals surface area contributed by atoms with Gasteiger partial charge in [0.15, 0.2) is 0 Å². The number of carbonyl (C=O) groups is 1. The molecule has 0 aromatic carbocycles. The van der Waals surface area contributed by atoms with Gasteiger partial charge in [-0.05, 0) is 13.1 Å². The van der Waals surface area contributed by atoms with Crippen LogP contribution >= 0.6 is 11.8 Å². The van der Waals surface area contributed by atoms with Crippen molar-refractivity contribution in [3.05, 3.63) is 0 Å². The SMILES string of the molecule is CCN(CC)CCSCC(C)C(=O)O. The summed E-state index contributed by atoms with van der Waals surface area (Å²) in [7, 11) is 0. The third-order valence-electron chi connectivity index (χ3n) is 2.24. The highest BCUT2D eigenvalue weighted by molar-refractivity contribution is 7.99. The Balaban J connectivity index is 3.41. The molecule has 0 aliphatic rings. The molecular formula is C10H21NO2S. The normalized spacial score (nSPS) is 13.1. The predicted molar refractivity (Wildman–Crippen MR) is 61.9 cm³/mol. The van der Waals surface area contributed by atoms with Crippen LogP contribution in [-0.2, 0) is 4.79 Å². The van der Waals surface area contributed by atoms with Crippen LogP contribution in [0.2, 0.25) is 0 Å². The summed E-state index contributed by atoms with van der Waals surface area (Å²) < 4.78 is 0. The van der Waals surface area contributed by atoms with Crippen LogP contribution in [0, 0.1) is 5.92 Å². The second-order valence-corrected chi connectivity index (χ2v) is 4.49. The van der Waals surface area contributed by atoms with E-state index >= 15 is 0 Å². The number of carboxylic acid groups (broad SMARTS) is 1. The average Bonchev–Trinajstić information content (AvgIpc) is 2.17. The maximum absolute atomic E-state index is 10.5. The van der Waals surface area contributed by atoms with Gasteiger partial charge in [-0.15, -0.1) is 0 Å². The molecule has 0 aliphatic heterocycles. The van der Waals surface area contributed by atoms with Gasteiger partial charge in [-0.2, -0.15) is 11.8 Å². The van der Waals surface area contributed by atoms with Crippen LogP contribution in [0.5, 0.6) is 0 Å². The third-order valence-corrected chi connectivity index (χ3v) is 3.44. The quantitative estimate of drug-likeness (QED) is 0.632. The minimum absolute atomic E-state index is 0.225. The number of hydrogen-bond acceptors (Lipinski definition) is 3. The van der Waals surface area contributed by atoms with Crippen molar-refractivity contribution in [2.24, 2.45) is 5.92 Å². The average molecular weight is 219 g/mol. The number of carboxylic acids is 1. The minimum Gasteiger partial charge on any atom is -0.481 e. The lowest BCUT2D eigenvalue weighted by Gasteiger charge is -2.17. The Labute approximate surface area is 90.9 Å². The van der Waals surface area contributed by atoms with E-state index in [1.165, 1.54) is 0 Å². The molecule has 14 heavy (non-hydrogen) atoms. The van der Waals surface area contributed by atoms with Gasteiger partial charge in [0, 0.05) is 18.1 Å². The molecule has 0 saturated heterocycles. The van der Waals surface area contributed by atoms with Crippen LogP contribution in [0.3, 0.4) is 0 Å². The van der Waals surface area contributed by atoms with Crippen molar-refractivity contribution in [3.63, 3.8) is 0 Å². The van der Waals surface area contributed by atoms with Gasteiger partial charge in [-0.25, -0.2) is 0 Å². The molecule has 0 fully saturated rings. The maximum atomic E-state index is 10.5. The topological polar surface area (TPSA) is 40.5 Å². The fourth-order valence-corrected chi connectivity index (χ4v) is 2.11. The molecule has 0 rings (SSSR count). The van der Waals surface area contributed by atoms with E-state index in [4.69, 9.17) is 5.11 Å². The number of aliphatic carboxylic acids is 1. The maximum Gasteiger partial charge on any atom is 0.307 e. The molecule has 1 unspecified atom stereocenters. The van der Waals surface area contributed by atoms with Crippen molar-refractivity contribution in [2.45, 2.75) is 20.8 Å². The molecule has 84 valence electrons. The van der Waals surface area contributed by atoms with Crippen molar-refractivity contribution >= 4 is 17.7 Å².